The maximum absolute atomic E-state index is 9.67. The van der Waals surface area contributed by atoms with Crippen LogP contribution < -0.4 is 5.48 Å². The molecular weight excluding hydrogens is 206 g/mol. The number of hydrogen-bond acceptors (Lipinski definition) is 4. The van der Waals surface area contributed by atoms with E-state index in [4.69, 9.17) is 9.57 Å². The van der Waals surface area contributed by atoms with Gasteiger partial charge in [0.1, 0.15) is 5.75 Å². The lowest BCUT2D eigenvalue weighted by Gasteiger charge is -2.13. The van der Waals surface area contributed by atoms with E-state index in [-0.39, 0.29) is 6.04 Å². The number of nitrogens with one attached hydrogen (secondary N) is 1. The molecule has 1 aliphatic carbocycles. The normalized spacial score (nSPS) is 18.7. The van der Waals surface area contributed by atoms with E-state index in [9.17, 15) is 5.11 Å². The van der Waals surface area contributed by atoms with Crippen molar-refractivity contribution in [2.45, 2.75) is 18.9 Å². The Morgan fingerprint density at radius 1 is 1.44 bits per heavy atom. The third kappa shape index (κ3) is 2.35. The van der Waals surface area contributed by atoms with Crippen LogP contribution in [-0.4, -0.2) is 25.4 Å². The van der Waals surface area contributed by atoms with Crippen LogP contribution in [0, 0.1) is 0 Å². The molecule has 0 radical (unpaired) electrons. The molecule has 1 aromatic rings. The Balaban J connectivity index is 1.93. The summed E-state index contributed by atoms with van der Waals surface area (Å²) >= 11 is 0. The first-order valence-electron chi connectivity index (χ1n) is 5.50. The number of ether oxygens (including phenoxy) is 1. The Kier molecular flexibility index (Phi) is 3.77. The Labute approximate surface area is 95.1 Å². The molecule has 1 aromatic carbocycles. The second kappa shape index (κ2) is 5.30. The minimum Gasteiger partial charge on any atom is -0.508 e. The predicted octanol–water partition coefficient (Wildman–Crippen LogP) is 1.55. The Morgan fingerprint density at radius 3 is 3.12 bits per heavy atom. The molecular formula is C12H17NO3. The largest absolute Gasteiger partial charge is 0.508 e. The molecule has 0 spiro atoms. The monoisotopic (exact) mass is 223 g/mol. The van der Waals surface area contributed by atoms with Crippen LogP contribution in [0.3, 0.4) is 0 Å². The van der Waals surface area contributed by atoms with Crippen molar-refractivity contribution in [1.82, 2.24) is 5.48 Å². The summed E-state index contributed by atoms with van der Waals surface area (Å²) in [4.78, 5) is 5.30. The molecule has 1 unspecified atom stereocenters. The van der Waals surface area contributed by atoms with E-state index >= 15 is 0 Å². The van der Waals surface area contributed by atoms with Crippen LogP contribution in [0.5, 0.6) is 5.75 Å². The van der Waals surface area contributed by atoms with E-state index in [1.54, 1.807) is 13.2 Å². The Bertz CT molecular complexity index is 354. The summed E-state index contributed by atoms with van der Waals surface area (Å²) in [5.74, 6) is 0.388. The van der Waals surface area contributed by atoms with E-state index in [0.717, 1.165) is 24.0 Å². The number of benzene rings is 1. The van der Waals surface area contributed by atoms with Crippen LogP contribution in [0.25, 0.3) is 0 Å². The molecule has 0 saturated heterocycles. The van der Waals surface area contributed by atoms with Gasteiger partial charge < -0.3 is 9.84 Å². The maximum atomic E-state index is 9.67. The van der Waals surface area contributed by atoms with Crippen molar-refractivity contribution >= 4 is 0 Å². The molecule has 0 fully saturated rings. The summed E-state index contributed by atoms with van der Waals surface area (Å²) in [6, 6.07) is 5.80. The molecule has 0 heterocycles. The molecule has 2 rings (SSSR count). The lowest BCUT2D eigenvalue weighted by molar-refractivity contribution is -0.0121. The van der Waals surface area contributed by atoms with E-state index in [0.29, 0.717) is 19.0 Å². The highest BCUT2D eigenvalue weighted by Gasteiger charge is 2.24. The third-order valence-corrected chi connectivity index (χ3v) is 2.86. The fourth-order valence-corrected chi connectivity index (χ4v) is 2.04. The summed E-state index contributed by atoms with van der Waals surface area (Å²) < 4.78 is 4.89. The molecule has 16 heavy (non-hydrogen) atoms. The van der Waals surface area contributed by atoms with Crippen LogP contribution in [-0.2, 0) is 16.0 Å². The van der Waals surface area contributed by atoms with Crippen LogP contribution in [0.1, 0.15) is 23.6 Å². The van der Waals surface area contributed by atoms with Gasteiger partial charge in [-0.25, -0.2) is 0 Å². The number of fused-ring (bicyclic) bond motifs is 1. The molecule has 4 nitrogen and oxygen atoms in total. The maximum Gasteiger partial charge on any atom is 0.119 e. The average Bonchev–Trinajstić information content (AvgIpc) is 2.70. The van der Waals surface area contributed by atoms with Crippen LogP contribution in [0.4, 0.5) is 0 Å². The zero-order chi connectivity index (χ0) is 11.4. The van der Waals surface area contributed by atoms with E-state index < -0.39 is 0 Å². The molecule has 2 N–H and O–H groups in total. The van der Waals surface area contributed by atoms with Crippen molar-refractivity contribution in [1.29, 1.82) is 0 Å². The summed E-state index contributed by atoms with van der Waals surface area (Å²) in [7, 11) is 1.65. The number of methoxy groups -OCH3 is 1. The number of phenols is 1. The lowest BCUT2D eigenvalue weighted by atomic mass is 10.1. The second-order valence-electron chi connectivity index (χ2n) is 3.90. The smallest absolute Gasteiger partial charge is 0.119 e. The van der Waals surface area contributed by atoms with Crippen molar-refractivity contribution < 1.29 is 14.7 Å². The topological polar surface area (TPSA) is 50.7 Å². The highest BCUT2D eigenvalue weighted by atomic mass is 16.7. The van der Waals surface area contributed by atoms with Crippen molar-refractivity contribution in [3.8, 4) is 5.75 Å². The zero-order valence-electron chi connectivity index (χ0n) is 9.40. The Hall–Kier alpha value is -1.10. The standard InChI is InChI=1S/C12H17NO3/c1-15-7-8-16-13-11-6-5-10-9(11)3-2-4-12(10)14/h2-4,11,13-14H,5-8H2,1H3. The van der Waals surface area contributed by atoms with Crippen molar-refractivity contribution in [3.05, 3.63) is 29.3 Å². The summed E-state index contributed by atoms with van der Waals surface area (Å²) in [6.45, 7) is 1.10. The number of hydrogen-bond donors (Lipinski definition) is 2. The second-order valence-corrected chi connectivity index (χ2v) is 3.90. The molecule has 4 heteroatoms. The highest BCUT2D eigenvalue weighted by molar-refractivity contribution is 5.43. The SMILES string of the molecule is COCCONC1CCc2c(O)cccc21. The van der Waals surface area contributed by atoms with Gasteiger partial charge in [0.25, 0.3) is 0 Å². The molecule has 88 valence electrons. The van der Waals surface area contributed by atoms with E-state index in [1.807, 2.05) is 12.1 Å². The van der Waals surface area contributed by atoms with Crippen molar-refractivity contribution in [3.63, 3.8) is 0 Å². The summed E-state index contributed by atoms with van der Waals surface area (Å²) in [5.41, 5.74) is 5.18. The van der Waals surface area contributed by atoms with Gasteiger partial charge in [-0.05, 0) is 30.0 Å². The molecule has 1 aliphatic rings. The van der Waals surface area contributed by atoms with Gasteiger partial charge in [0, 0.05) is 7.11 Å². The molecule has 0 amide bonds. The quantitative estimate of drug-likeness (QED) is 0.587. The summed E-state index contributed by atoms with van der Waals surface area (Å²) in [6.07, 6.45) is 1.85. The third-order valence-electron chi connectivity index (χ3n) is 2.86. The van der Waals surface area contributed by atoms with Gasteiger partial charge in [-0.1, -0.05) is 12.1 Å². The zero-order valence-corrected chi connectivity index (χ0v) is 9.40. The molecule has 0 aliphatic heterocycles. The molecule has 0 saturated carbocycles. The van der Waals surface area contributed by atoms with Gasteiger partial charge in [0.05, 0.1) is 19.3 Å². The van der Waals surface area contributed by atoms with E-state index in [1.165, 1.54) is 0 Å². The van der Waals surface area contributed by atoms with Gasteiger partial charge in [0.15, 0.2) is 0 Å². The van der Waals surface area contributed by atoms with Crippen LogP contribution in [0.15, 0.2) is 18.2 Å². The van der Waals surface area contributed by atoms with Gasteiger partial charge in [-0.3, -0.25) is 4.84 Å². The van der Waals surface area contributed by atoms with Crippen LogP contribution in [0.2, 0.25) is 0 Å². The van der Waals surface area contributed by atoms with Crippen molar-refractivity contribution in [2.24, 2.45) is 0 Å². The first-order chi connectivity index (χ1) is 7.83. The van der Waals surface area contributed by atoms with Crippen molar-refractivity contribution in [2.75, 3.05) is 20.3 Å². The number of hydroxylamine groups is 1. The minimum atomic E-state index is 0.180. The minimum absolute atomic E-state index is 0.180. The predicted molar refractivity (Wildman–Crippen MR) is 60.1 cm³/mol. The lowest BCUT2D eigenvalue weighted by Crippen LogP contribution is -2.21. The number of rotatable bonds is 5. The molecule has 0 aromatic heterocycles. The van der Waals surface area contributed by atoms with Gasteiger partial charge in [-0.2, -0.15) is 5.48 Å². The fraction of sp³-hybridized carbons (Fsp3) is 0.500. The fourth-order valence-electron chi connectivity index (χ4n) is 2.04. The molecule has 0 bridgehead atoms. The first kappa shape index (κ1) is 11.4. The highest BCUT2D eigenvalue weighted by Crippen LogP contribution is 2.36. The van der Waals surface area contributed by atoms with Crippen LogP contribution >= 0.6 is 0 Å². The first-order valence-corrected chi connectivity index (χ1v) is 5.50. The average molecular weight is 223 g/mol. The van der Waals surface area contributed by atoms with E-state index in [2.05, 4.69) is 5.48 Å². The summed E-state index contributed by atoms with van der Waals surface area (Å²) in [5, 5.41) is 9.67. The molecule has 1 atom stereocenters. The number of phenolic OH excluding ortho intramolecular Hbond substituents is 1. The Morgan fingerprint density at radius 2 is 2.31 bits per heavy atom. The number of aromatic hydroxyl groups is 1. The van der Waals surface area contributed by atoms with Gasteiger partial charge >= 0.3 is 0 Å². The van der Waals surface area contributed by atoms with Gasteiger partial charge in [0.2, 0.25) is 0 Å². The van der Waals surface area contributed by atoms with Gasteiger partial charge in [-0.15, -0.1) is 0 Å².